The summed E-state index contributed by atoms with van der Waals surface area (Å²) in [5.41, 5.74) is 0.426. The normalized spacial score (nSPS) is 12.5. The van der Waals surface area contributed by atoms with Crippen LogP contribution in [0, 0.1) is 5.82 Å². The van der Waals surface area contributed by atoms with Crippen LogP contribution in [0.15, 0.2) is 42.5 Å². The molecule has 1 atom stereocenters. The maximum Gasteiger partial charge on any atom is 0.243 e. The minimum absolute atomic E-state index is 0.0774. The molecular formula is C17H17Cl2FN2O3S. The summed E-state index contributed by atoms with van der Waals surface area (Å²) >= 11 is 11.9. The van der Waals surface area contributed by atoms with Crippen LogP contribution in [0.4, 0.5) is 10.1 Å². The molecule has 0 radical (unpaired) electrons. The number of hydrogen-bond acceptors (Lipinski definition) is 3. The Bertz CT molecular complexity index is 922. The number of hydrogen-bond donors (Lipinski definition) is 1. The maximum absolute atomic E-state index is 14.1. The summed E-state index contributed by atoms with van der Waals surface area (Å²) in [5, 5.41) is 3.44. The average Bonchev–Trinajstić information content (AvgIpc) is 2.54. The number of carbonyl (C=O) groups excluding carboxylic acids is 1. The monoisotopic (exact) mass is 418 g/mol. The Hall–Kier alpha value is -1.83. The van der Waals surface area contributed by atoms with E-state index >= 15 is 0 Å². The zero-order valence-corrected chi connectivity index (χ0v) is 16.4. The van der Waals surface area contributed by atoms with Gasteiger partial charge >= 0.3 is 0 Å². The van der Waals surface area contributed by atoms with Gasteiger partial charge in [0.2, 0.25) is 15.9 Å². The van der Waals surface area contributed by atoms with Gasteiger partial charge in [-0.25, -0.2) is 12.8 Å². The number of amides is 1. The van der Waals surface area contributed by atoms with Gasteiger partial charge in [0.15, 0.2) is 0 Å². The molecule has 1 unspecified atom stereocenters. The summed E-state index contributed by atoms with van der Waals surface area (Å²) in [6.45, 7) is 1.46. The van der Waals surface area contributed by atoms with Crippen LogP contribution in [0.25, 0.3) is 0 Å². The lowest BCUT2D eigenvalue weighted by Gasteiger charge is -2.28. The van der Waals surface area contributed by atoms with Gasteiger partial charge in [-0.15, -0.1) is 0 Å². The van der Waals surface area contributed by atoms with Crippen molar-refractivity contribution in [1.82, 2.24) is 5.32 Å². The SMILES string of the molecule is CC(C(=O)NCc1ccc(Cl)cc1Cl)N(c1ccccc1F)S(C)(=O)=O. The first-order chi connectivity index (χ1) is 12.1. The fourth-order valence-corrected chi connectivity index (χ4v) is 4.06. The predicted octanol–water partition coefficient (Wildman–Crippen LogP) is 3.60. The van der Waals surface area contributed by atoms with Crippen molar-refractivity contribution in [2.45, 2.75) is 19.5 Å². The molecule has 0 aliphatic carbocycles. The van der Waals surface area contributed by atoms with Crippen molar-refractivity contribution in [2.24, 2.45) is 0 Å². The molecule has 0 bridgehead atoms. The van der Waals surface area contributed by atoms with E-state index in [-0.39, 0.29) is 12.2 Å². The second kappa shape index (κ2) is 8.24. The van der Waals surface area contributed by atoms with Crippen molar-refractivity contribution >= 4 is 44.8 Å². The predicted molar refractivity (Wildman–Crippen MR) is 101 cm³/mol. The highest BCUT2D eigenvalue weighted by molar-refractivity contribution is 7.92. The summed E-state index contributed by atoms with van der Waals surface area (Å²) in [6.07, 6.45) is 0.916. The third-order valence-corrected chi connectivity index (χ3v) is 5.46. The molecule has 9 heteroatoms. The molecule has 1 N–H and O–H groups in total. The summed E-state index contributed by atoms with van der Waals surface area (Å²) in [6, 6.07) is 9.02. The molecule has 140 valence electrons. The molecule has 0 aliphatic rings. The molecule has 2 aromatic carbocycles. The van der Waals surface area contributed by atoms with Crippen LogP contribution < -0.4 is 9.62 Å². The molecule has 0 heterocycles. The fourth-order valence-electron chi connectivity index (χ4n) is 2.41. The Kier molecular flexibility index (Phi) is 6.49. The molecule has 0 fully saturated rings. The van der Waals surface area contributed by atoms with Gasteiger partial charge in [-0.3, -0.25) is 9.10 Å². The van der Waals surface area contributed by atoms with Crippen molar-refractivity contribution in [3.63, 3.8) is 0 Å². The topological polar surface area (TPSA) is 66.5 Å². The Morgan fingerprint density at radius 1 is 1.23 bits per heavy atom. The quantitative estimate of drug-likeness (QED) is 0.778. The van der Waals surface area contributed by atoms with Crippen LogP contribution >= 0.6 is 23.2 Å². The lowest BCUT2D eigenvalue weighted by Crippen LogP contribution is -2.48. The lowest BCUT2D eigenvalue weighted by atomic mass is 10.2. The minimum Gasteiger partial charge on any atom is -0.350 e. The van der Waals surface area contributed by atoms with Gasteiger partial charge in [0, 0.05) is 16.6 Å². The second-order valence-corrected chi connectivity index (χ2v) is 8.34. The number of anilines is 1. The zero-order chi connectivity index (χ0) is 19.5. The number of nitrogens with one attached hydrogen (secondary N) is 1. The highest BCUT2D eigenvalue weighted by Gasteiger charge is 2.30. The Labute approximate surface area is 161 Å². The molecular weight excluding hydrogens is 402 g/mol. The Morgan fingerprint density at radius 2 is 1.88 bits per heavy atom. The average molecular weight is 419 g/mol. The highest BCUT2D eigenvalue weighted by Crippen LogP contribution is 2.24. The first-order valence-electron chi connectivity index (χ1n) is 7.57. The smallest absolute Gasteiger partial charge is 0.243 e. The van der Waals surface area contributed by atoms with Crippen LogP contribution in [-0.2, 0) is 21.4 Å². The molecule has 5 nitrogen and oxygen atoms in total. The lowest BCUT2D eigenvalue weighted by molar-refractivity contribution is -0.122. The van der Waals surface area contributed by atoms with Crippen LogP contribution in [0.5, 0.6) is 0 Å². The Balaban J connectivity index is 2.22. The first-order valence-corrected chi connectivity index (χ1v) is 10.2. The van der Waals surface area contributed by atoms with Gasteiger partial charge in [-0.2, -0.15) is 0 Å². The van der Waals surface area contributed by atoms with E-state index in [9.17, 15) is 17.6 Å². The standard InChI is InChI=1S/C17H17Cl2FN2O3S/c1-11(17(23)21-10-12-7-8-13(18)9-14(12)19)22(26(2,24)25)16-6-4-3-5-15(16)20/h3-9,11H,10H2,1-2H3,(H,21,23). The number of benzene rings is 2. The second-order valence-electron chi connectivity index (χ2n) is 5.64. The maximum atomic E-state index is 14.1. The van der Waals surface area contributed by atoms with Gasteiger partial charge in [0.05, 0.1) is 11.9 Å². The van der Waals surface area contributed by atoms with E-state index in [1.807, 2.05) is 0 Å². The number of para-hydroxylation sites is 1. The molecule has 0 saturated heterocycles. The van der Waals surface area contributed by atoms with E-state index in [1.165, 1.54) is 31.2 Å². The van der Waals surface area contributed by atoms with E-state index in [0.29, 0.717) is 15.6 Å². The molecule has 1 amide bonds. The van der Waals surface area contributed by atoms with Crippen molar-refractivity contribution in [2.75, 3.05) is 10.6 Å². The molecule has 26 heavy (non-hydrogen) atoms. The van der Waals surface area contributed by atoms with Gasteiger partial charge in [0.1, 0.15) is 11.9 Å². The molecule has 0 aromatic heterocycles. The number of rotatable bonds is 6. The largest absolute Gasteiger partial charge is 0.350 e. The Morgan fingerprint density at radius 3 is 2.46 bits per heavy atom. The van der Waals surface area contributed by atoms with Gasteiger partial charge in [-0.1, -0.05) is 41.4 Å². The van der Waals surface area contributed by atoms with Crippen LogP contribution in [0.3, 0.4) is 0 Å². The van der Waals surface area contributed by atoms with Crippen LogP contribution in [-0.4, -0.2) is 26.6 Å². The van der Waals surface area contributed by atoms with E-state index in [1.54, 1.807) is 12.1 Å². The minimum atomic E-state index is -3.89. The van der Waals surface area contributed by atoms with Gasteiger partial charge in [0.25, 0.3) is 0 Å². The first kappa shape index (κ1) is 20.5. The van der Waals surface area contributed by atoms with Crippen molar-refractivity contribution in [1.29, 1.82) is 0 Å². The number of nitrogens with zero attached hydrogens (tertiary/aromatic N) is 1. The third-order valence-electron chi connectivity index (χ3n) is 3.65. The number of carbonyl (C=O) groups is 1. The zero-order valence-electron chi connectivity index (χ0n) is 14.0. The van der Waals surface area contributed by atoms with E-state index in [0.717, 1.165) is 16.6 Å². The van der Waals surface area contributed by atoms with Gasteiger partial charge < -0.3 is 5.32 Å². The van der Waals surface area contributed by atoms with E-state index in [2.05, 4.69) is 5.32 Å². The van der Waals surface area contributed by atoms with Gasteiger partial charge in [-0.05, 0) is 36.8 Å². The number of sulfonamides is 1. The van der Waals surface area contributed by atoms with E-state index in [4.69, 9.17) is 23.2 Å². The summed E-state index contributed by atoms with van der Waals surface area (Å²) in [4.78, 5) is 12.5. The molecule has 2 rings (SSSR count). The summed E-state index contributed by atoms with van der Waals surface area (Å²) in [7, 11) is -3.89. The third kappa shape index (κ3) is 4.87. The highest BCUT2D eigenvalue weighted by atomic mass is 35.5. The van der Waals surface area contributed by atoms with E-state index < -0.39 is 27.8 Å². The molecule has 2 aromatic rings. The van der Waals surface area contributed by atoms with Crippen molar-refractivity contribution < 1.29 is 17.6 Å². The molecule has 0 aliphatic heterocycles. The van der Waals surface area contributed by atoms with Crippen LogP contribution in [0.1, 0.15) is 12.5 Å². The molecule has 0 spiro atoms. The van der Waals surface area contributed by atoms with Crippen molar-refractivity contribution in [3.05, 3.63) is 63.9 Å². The van der Waals surface area contributed by atoms with Crippen LogP contribution in [0.2, 0.25) is 10.0 Å². The summed E-state index contributed by atoms with van der Waals surface area (Å²) in [5.74, 6) is -1.33. The summed E-state index contributed by atoms with van der Waals surface area (Å²) < 4.78 is 39.1. The van der Waals surface area contributed by atoms with Crippen molar-refractivity contribution in [3.8, 4) is 0 Å². The fraction of sp³-hybridized carbons (Fsp3) is 0.235. The number of halogens is 3. The molecule has 0 saturated carbocycles.